The number of rotatable bonds is 6. The van der Waals surface area contributed by atoms with Crippen LogP contribution in [0.3, 0.4) is 0 Å². The molecule has 2 aromatic carbocycles. The van der Waals surface area contributed by atoms with E-state index >= 15 is 0 Å². The number of H-pyrrole nitrogens is 1. The highest BCUT2D eigenvalue weighted by Crippen LogP contribution is 2.59. The lowest BCUT2D eigenvalue weighted by molar-refractivity contribution is -0.130. The Morgan fingerprint density at radius 3 is 2.32 bits per heavy atom. The molecule has 4 fully saturated rings. The molecule has 0 bridgehead atoms. The van der Waals surface area contributed by atoms with Crippen molar-refractivity contribution in [3.05, 3.63) is 59.2 Å². The van der Waals surface area contributed by atoms with Gasteiger partial charge < -0.3 is 36.2 Å². The van der Waals surface area contributed by atoms with Gasteiger partial charge >= 0.3 is 0 Å². The molecule has 41 heavy (non-hydrogen) atoms. The second kappa shape index (κ2) is 10.5. The van der Waals surface area contributed by atoms with E-state index in [2.05, 4.69) is 33.0 Å². The number of nitrogens with two attached hydrogens (primary N) is 2. The molecule has 1 aromatic heterocycles. The number of hydrogen-bond acceptors (Lipinski definition) is 6. The van der Waals surface area contributed by atoms with E-state index in [-0.39, 0.29) is 5.75 Å². The van der Waals surface area contributed by atoms with Crippen molar-refractivity contribution in [1.82, 2.24) is 14.8 Å². The Morgan fingerprint density at radius 1 is 0.927 bits per heavy atom. The van der Waals surface area contributed by atoms with E-state index in [9.17, 15) is 9.90 Å². The number of para-hydroxylation sites is 1. The van der Waals surface area contributed by atoms with E-state index in [0.717, 1.165) is 48.4 Å². The van der Waals surface area contributed by atoms with Crippen molar-refractivity contribution in [3.8, 4) is 5.75 Å². The Kier molecular flexibility index (Phi) is 6.82. The number of aromatic hydroxyl groups is 1. The van der Waals surface area contributed by atoms with Crippen molar-refractivity contribution < 1.29 is 9.90 Å². The highest BCUT2D eigenvalue weighted by atomic mass is 16.3. The van der Waals surface area contributed by atoms with Gasteiger partial charge in [-0.15, -0.1) is 0 Å². The van der Waals surface area contributed by atoms with Crippen molar-refractivity contribution in [1.29, 1.82) is 0 Å². The van der Waals surface area contributed by atoms with E-state index in [1.54, 1.807) is 12.1 Å². The van der Waals surface area contributed by atoms with Gasteiger partial charge in [0.05, 0.1) is 0 Å². The average molecular weight is 554 g/mol. The Bertz CT molecular complexity index is 1450. The number of aldehydes is 1. The number of aromatic nitrogens is 1. The number of carbonyl (C=O) groups is 1. The van der Waals surface area contributed by atoms with Gasteiger partial charge in [0.1, 0.15) is 17.9 Å². The SMILES string of the molecule is N/C(=C\c1c(N)[nH]c2ccc(C3CCN(C4CCN(C5CC6(CC(C=O)C6)C5)CC4)CC3)cc12)c1ccccc1O. The summed E-state index contributed by atoms with van der Waals surface area (Å²) in [5, 5.41) is 11.3. The fraction of sp³-hybridized carbons (Fsp3) is 0.500. The predicted octanol–water partition coefficient (Wildman–Crippen LogP) is 5.31. The smallest absolute Gasteiger partial charge is 0.124 e. The maximum atomic E-state index is 11.0. The minimum Gasteiger partial charge on any atom is -0.507 e. The third-order valence-corrected chi connectivity index (χ3v) is 10.9. The molecule has 2 aliphatic heterocycles. The molecule has 2 saturated heterocycles. The van der Waals surface area contributed by atoms with Crippen LogP contribution in [0, 0.1) is 11.3 Å². The van der Waals surface area contributed by atoms with E-state index in [1.807, 2.05) is 18.2 Å². The molecule has 3 heterocycles. The number of carbonyl (C=O) groups excluding carboxylic acids is 1. The van der Waals surface area contributed by atoms with Crippen LogP contribution in [-0.4, -0.2) is 64.4 Å². The van der Waals surface area contributed by atoms with Crippen LogP contribution in [0.4, 0.5) is 5.82 Å². The highest BCUT2D eigenvalue weighted by Gasteiger charge is 2.54. The van der Waals surface area contributed by atoms with Crippen LogP contribution < -0.4 is 11.5 Å². The molecule has 0 radical (unpaired) electrons. The summed E-state index contributed by atoms with van der Waals surface area (Å²) >= 11 is 0. The average Bonchev–Trinajstić information content (AvgIpc) is 3.26. The molecule has 3 aromatic rings. The number of phenols is 1. The number of hydrogen-bond donors (Lipinski definition) is 4. The topological polar surface area (TPSA) is 112 Å². The number of piperidine rings is 2. The summed E-state index contributed by atoms with van der Waals surface area (Å²) < 4.78 is 0. The van der Waals surface area contributed by atoms with Gasteiger partial charge in [-0.05, 0) is 125 Å². The quantitative estimate of drug-likeness (QED) is 0.308. The molecular weight excluding hydrogens is 510 g/mol. The van der Waals surface area contributed by atoms with Crippen molar-refractivity contribution in [2.45, 2.75) is 69.4 Å². The summed E-state index contributed by atoms with van der Waals surface area (Å²) in [5.41, 5.74) is 17.7. The van der Waals surface area contributed by atoms with Gasteiger partial charge in [0.25, 0.3) is 0 Å². The number of nitrogens with zero attached hydrogens (tertiary/aromatic N) is 2. The minimum atomic E-state index is 0.164. The molecule has 0 atom stereocenters. The minimum absolute atomic E-state index is 0.164. The standard InChI is InChI=1S/C34H43N5O2/c35-30(27-3-1-2-4-32(27)41)16-29-28-15-24(5-6-31(28)37-33(29)36)23-7-11-38(12-8-23)25-9-13-39(14-10-25)26-19-34(20-26)17-22(18-34)21-40/h1-6,15-16,21-23,25-26,37,41H,7-14,17-20,35-36H2/b30-16-. The van der Waals surface area contributed by atoms with Gasteiger partial charge in [-0.25, -0.2) is 0 Å². The molecule has 216 valence electrons. The molecule has 6 N–H and O–H groups in total. The number of phenolic OH excluding ortho intramolecular Hbond substituents is 1. The predicted molar refractivity (Wildman–Crippen MR) is 165 cm³/mol. The zero-order valence-corrected chi connectivity index (χ0v) is 23.9. The second-order valence-electron chi connectivity index (χ2n) is 13.3. The first kappa shape index (κ1) is 26.6. The van der Waals surface area contributed by atoms with Crippen molar-refractivity contribution in [2.24, 2.45) is 17.1 Å². The first-order valence-electron chi connectivity index (χ1n) is 15.5. The van der Waals surface area contributed by atoms with Crippen molar-refractivity contribution in [2.75, 3.05) is 31.9 Å². The Balaban J connectivity index is 0.960. The number of fused-ring (bicyclic) bond motifs is 1. The summed E-state index contributed by atoms with van der Waals surface area (Å²) in [4.78, 5) is 19.8. The van der Waals surface area contributed by atoms with Gasteiger partial charge in [0.2, 0.25) is 0 Å². The van der Waals surface area contributed by atoms with Gasteiger partial charge in [-0.3, -0.25) is 0 Å². The van der Waals surface area contributed by atoms with Crippen LogP contribution >= 0.6 is 0 Å². The number of aromatic amines is 1. The molecule has 1 spiro atoms. The van der Waals surface area contributed by atoms with Crippen LogP contribution in [0.1, 0.15) is 74.0 Å². The molecule has 2 aliphatic carbocycles. The fourth-order valence-corrected chi connectivity index (χ4v) is 8.51. The number of nitrogen functional groups attached to an aromatic ring is 1. The highest BCUT2D eigenvalue weighted by molar-refractivity contribution is 5.99. The molecule has 7 nitrogen and oxygen atoms in total. The maximum absolute atomic E-state index is 11.0. The molecule has 0 unspecified atom stereocenters. The second-order valence-corrected chi connectivity index (χ2v) is 13.3. The van der Waals surface area contributed by atoms with Crippen LogP contribution in [-0.2, 0) is 4.79 Å². The summed E-state index contributed by atoms with van der Waals surface area (Å²) in [6.07, 6.45) is 12.9. The number of anilines is 1. The van der Waals surface area contributed by atoms with E-state index in [4.69, 9.17) is 11.5 Å². The number of nitrogens with one attached hydrogen (secondary N) is 1. The fourth-order valence-electron chi connectivity index (χ4n) is 8.51. The zero-order valence-electron chi connectivity index (χ0n) is 23.9. The maximum Gasteiger partial charge on any atom is 0.124 e. The van der Waals surface area contributed by atoms with Crippen molar-refractivity contribution >= 4 is 34.8 Å². The van der Waals surface area contributed by atoms with Crippen LogP contribution in [0.15, 0.2) is 42.5 Å². The van der Waals surface area contributed by atoms with Crippen molar-refractivity contribution in [3.63, 3.8) is 0 Å². The summed E-state index contributed by atoms with van der Waals surface area (Å²) in [5.74, 6) is 1.65. The van der Waals surface area contributed by atoms with Crippen LogP contribution in [0.2, 0.25) is 0 Å². The lowest BCUT2D eigenvalue weighted by Crippen LogP contribution is -2.59. The Morgan fingerprint density at radius 2 is 1.61 bits per heavy atom. The van der Waals surface area contributed by atoms with E-state index in [1.165, 1.54) is 63.5 Å². The molecule has 7 heteroatoms. The third-order valence-electron chi connectivity index (χ3n) is 10.9. The van der Waals surface area contributed by atoms with Crippen LogP contribution in [0.5, 0.6) is 5.75 Å². The van der Waals surface area contributed by atoms with Gasteiger partial charge in [-0.2, -0.15) is 0 Å². The number of benzene rings is 2. The summed E-state index contributed by atoms with van der Waals surface area (Å²) in [7, 11) is 0. The molecule has 7 rings (SSSR count). The van der Waals surface area contributed by atoms with Crippen LogP contribution in [0.25, 0.3) is 22.7 Å². The Hall–Kier alpha value is -3.29. The van der Waals surface area contributed by atoms with Gasteiger partial charge in [0, 0.05) is 45.7 Å². The van der Waals surface area contributed by atoms with E-state index in [0.29, 0.717) is 40.4 Å². The first-order chi connectivity index (χ1) is 19.9. The van der Waals surface area contributed by atoms with Gasteiger partial charge in [-0.1, -0.05) is 18.2 Å². The first-order valence-corrected chi connectivity index (χ1v) is 15.5. The molecule has 4 aliphatic rings. The summed E-state index contributed by atoms with van der Waals surface area (Å²) in [6.45, 7) is 4.78. The largest absolute Gasteiger partial charge is 0.507 e. The van der Waals surface area contributed by atoms with Gasteiger partial charge in [0.15, 0.2) is 0 Å². The number of likely N-dealkylation sites (tertiary alicyclic amines) is 2. The normalized spacial score (nSPS) is 28.5. The zero-order chi connectivity index (χ0) is 28.1. The molecular formula is C34H43N5O2. The molecule has 0 amide bonds. The Labute approximate surface area is 242 Å². The summed E-state index contributed by atoms with van der Waals surface area (Å²) in [6, 6.07) is 15.3. The lowest BCUT2D eigenvalue weighted by Gasteiger charge is -2.60. The van der Waals surface area contributed by atoms with E-state index < -0.39 is 0 Å². The third kappa shape index (κ3) is 4.93. The monoisotopic (exact) mass is 553 g/mol. The lowest BCUT2D eigenvalue weighted by atomic mass is 9.50. The molecule has 2 saturated carbocycles.